The molecule has 2 aliphatic heterocycles. The Morgan fingerprint density at radius 2 is 1.93 bits per heavy atom. The van der Waals surface area contributed by atoms with Gasteiger partial charge in [0.2, 0.25) is 11.3 Å². The lowest BCUT2D eigenvalue weighted by atomic mass is 10.1. The molecule has 4 aromatic rings. The molecule has 3 atom stereocenters. The van der Waals surface area contributed by atoms with Crippen molar-refractivity contribution in [1.82, 2.24) is 19.4 Å². The number of pyridine rings is 3. The minimum atomic E-state index is -1.30. The van der Waals surface area contributed by atoms with E-state index in [-0.39, 0.29) is 17.0 Å². The molecule has 222 valence electrons. The van der Waals surface area contributed by atoms with Gasteiger partial charge in [-0.15, -0.1) is 0 Å². The lowest BCUT2D eigenvalue weighted by Crippen LogP contribution is -2.57. The van der Waals surface area contributed by atoms with Crippen molar-refractivity contribution < 1.29 is 14.6 Å². The summed E-state index contributed by atoms with van der Waals surface area (Å²) >= 11 is 13.1. The largest absolute Gasteiger partial charge is 0.477 e. The quantitative estimate of drug-likeness (QED) is 0.303. The maximum Gasteiger partial charge on any atom is 0.341 e. The molecule has 12 heteroatoms. The number of carbonyl (C=O) groups is 1. The van der Waals surface area contributed by atoms with E-state index in [1.165, 1.54) is 6.20 Å². The zero-order valence-corrected chi connectivity index (χ0v) is 25.2. The second-order valence-corrected chi connectivity index (χ2v) is 12.5. The van der Waals surface area contributed by atoms with Gasteiger partial charge in [-0.3, -0.25) is 4.79 Å². The second-order valence-electron chi connectivity index (χ2n) is 11.7. The van der Waals surface area contributed by atoms with Crippen molar-refractivity contribution in [3.8, 4) is 11.6 Å². The number of nitrogens with zero attached hydrogens (tertiary/aromatic N) is 6. The fourth-order valence-electron chi connectivity index (χ4n) is 6.31. The summed E-state index contributed by atoms with van der Waals surface area (Å²) in [7, 11) is 4.13. The number of ether oxygens (including phenoxy) is 1. The Bertz CT molecular complexity index is 1790. The number of fused-ring (bicyclic) bond motifs is 2. The molecule has 10 nitrogen and oxygen atoms in total. The summed E-state index contributed by atoms with van der Waals surface area (Å²) in [5, 5.41) is 10.9. The van der Waals surface area contributed by atoms with E-state index in [9.17, 15) is 14.7 Å². The molecule has 0 bridgehead atoms. The third-order valence-corrected chi connectivity index (χ3v) is 9.45. The van der Waals surface area contributed by atoms with E-state index in [4.69, 9.17) is 27.9 Å². The molecule has 2 saturated heterocycles. The normalized spacial score (nSPS) is 21.3. The van der Waals surface area contributed by atoms with Crippen molar-refractivity contribution in [3.05, 3.63) is 80.8 Å². The SMILES string of the molecule is CN(C)C1CN(c2ccc(-n3cc(C(=O)O)c(=O)c4cc(Cl)c(N5C6CC6C[C@@H]5COc5ncccc5Cl)cc43)cn2)C1. The molecule has 1 N–H and O–H groups in total. The first-order valence-electron chi connectivity index (χ1n) is 14.2. The number of hydrogen-bond donors (Lipinski definition) is 1. The number of aromatic carboxylic acids is 1. The zero-order valence-electron chi connectivity index (χ0n) is 23.7. The van der Waals surface area contributed by atoms with Gasteiger partial charge in [0.15, 0.2) is 0 Å². The molecule has 0 spiro atoms. The minimum Gasteiger partial charge on any atom is -0.477 e. The second kappa shape index (κ2) is 10.7. The van der Waals surface area contributed by atoms with Crippen LogP contribution in [0, 0.1) is 5.92 Å². The van der Waals surface area contributed by atoms with E-state index in [0.29, 0.717) is 51.7 Å². The van der Waals surface area contributed by atoms with E-state index in [1.807, 2.05) is 18.2 Å². The average Bonchev–Trinajstić information content (AvgIpc) is 3.62. The van der Waals surface area contributed by atoms with Gasteiger partial charge in [-0.2, -0.15) is 0 Å². The Hall–Kier alpha value is -3.86. The Kier molecular flexibility index (Phi) is 6.95. The fraction of sp³-hybridized carbons (Fsp3) is 0.355. The monoisotopic (exact) mass is 620 g/mol. The molecule has 5 heterocycles. The van der Waals surface area contributed by atoms with Gasteiger partial charge in [0.05, 0.1) is 34.2 Å². The van der Waals surface area contributed by atoms with E-state index >= 15 is 0 Å². The molecule has 0 amide bonds. The van der Waals surface area contributed by atoms with E-state index < -0.39 is 11.4 Å². The number of carboxylic acids is 1. The fourth-order valence-corrected chi connectivity index (χ4v) is 6.75. The molecule has 3 aromatic heterocycles. The molecule has 3 fully saturated rings. The Morgan fingerprint density at radius 1 is 1.12 bits per heavy atom. The lowest BCUT2D eigenvalue weighted by molar-refractivity contribution is 0.0695. The third kappa shape index (κ3) is 4.97. The van der Waals surface area contributed by atoms with E-state index in [2.05, 4.69) is 38.8 Å². The van der Waals surface area contributed by atoms with Gasteiger partial charge in [0.1, 0.15) is 23.0 Å². The summed E-state index contributed by atoms with van der Waals surface area (Å²) in [6.45, 7) is 2.15. The number of halogens is 2. The smallest absolute Gasteiger partial charge is 0.341 e. The van der Waals surface area contributed by atoms with Gasteiger partial charge in [-0.25, -0.2) is 14.8 Å². The predicted molar refractivity (Wildman–Crippen MR) is 167 cm³/mol. The number of benzene rings is 1. The van der Waals surface area contributed by atoms with Crippen molar-refractivity contribution in [2.24, 2.45) is 5.92 Å². The number of anilines is 2. The first-order valence-corrected chi connectivity index (χ1v) is 15.0. The number of piperidine rings is 1. The molecule has 1 saturated carbocycles. The van der Waals surface area contributed by atoms with E-state index in [0.717, 1.165) is 37.4 Å². The van der Waals surface area contributed by atoms with Crippen molar-refractivity contribution in [1.29, 1.82) is 0 Å². The number of likely N-dealkylation sites (N-methyl/N-ethyl adjacent to an activating group) is 1. The van der Waals surface area contributed by atoms with Crippen LogP contribution in [0.3, 0.4) is 0 Å². The minimum absolute atomic E-state index is 0.0266. The third-order valence-electron chi connectivity index (χ3n) is 8.86. The van der Waals surface area contributed by atoms with Crippen LogP contribution in [0.4, 0.5) is 11.5 Å². The summed E-state index contributed by atoms with van der Waals surface area (Å²) in [5.74, 6) is 0.464. The molecular formula is C31H30Cl2N6O4. The zero-order chi connectivity index (χ0) is 30.0. The summed E-state index contributed by atoms with van der Waals surface area (Å²) < 4.78 is 7.74. The van der Waals surface area contributed by atoms with Crippen LogP contribution >= 0.6 is 23.2 Å². The summed E-state index contributed by atoms with van der Waals surface area (Å²) in [5.41, 5.74) is 1.05. The molecule has 1 aliphatic carbocycles. The van der Waals surface area contributed by atoms with Crippen LogP contribution in [0.5, 0.6) is 5.88 Å². The summed E-state index contributed by atoms with van der Waals surface area (Å²) in [4.78, 5) is 41.0. The molecule has 43 heavy (non-hydrogen) atoms. The molecule has 7 rings (SSSR count). The average molecular weight is 622 g/mol. The summed E-state index contributed by atoms with van der Waals surface area (Å²) in [6.07, 6.45) is 6.71. The van der Waals surface area contributed by atoms with Crippen molar-refractivity contribution in [2.45, 2.75) is 31.0 Å². The maximum atomic E-state index is 13.3. The Morgan fingerprint density at radius 3 is 2.63 bits per heavy atom. The Balaban J connectivity index is 1.26. The number of hydrogen-bond acceptors (Lipinski definition) is 8. The standard InChI is InChI=1S/C31H30Cl2N6O4/c1-36(2)20-13-37(14-20)28-6-5-18(12-35-28)38-15-22(31(41)42)29(40)21-10-24(33)27(11-26(21)38)39-19(8-17-9-25(17)39)16-43-30-23(32)4-3-7-34-30/h3-7,10-12,15,17,19-20,25H,8-9,13-14,16H2,1-2H3,(H,41,42)/t17?,19-,25?/m1/s1. The Labute approximate surface area is 258 Å². The topological polar surface area (TPSA) is 104 Å². The van der Waals surface area contributed by atoms with Crippen LogP contribution in [0.2, 0.25) is 10.0 Å². The van der Waals surface area contributed by atoms with Gasteiger partial charge < -0.3 is 29.1 Å². The number of aromatic nitrogens is 3. The highest BCUT2D eigenvalue weighted by molar-refractivity contribution is 6.34. The molecular weight excluding hydrogens is 591 g/mol. The van der Waals surface area contributed by atoms with Crippen molar-refractivity contribution in [3.63, 3.8) is 0 Å². The molecule has 0 radical (unpaired) electrons. The van der Waals surface area contributed by atoms with Crippen LogP contribution in [-0.4, -0.2) is 82.4 Å². The highest BCUT2D eigenvalue weighted by Crippen LogP contribution is 2.51. The first kappa shape index (κ1) is 27.9. The van der Waals surface area contributed by atoms with Crippen LogP contribution in [-0.2, 0) is 0 Å². The number of carboxylic acid groups (broad SMARTS) is 1. The maximum absolute atomic E-state index is 13.3. The molecule has 2 unspecified atom stereocenters. The van der Waals surface area contributed by atoms with Crippen LogP contribution in [0.15, 0.2) is 59.8 Å². The van der Waals surface area contributed by atoms with Gasteiger partial charge in [0, 0.05) is 43.0 Å². The predicted octanol–water partition coefficient (Wildman–Crippen LogP) is 4.58. The van der Waals surface area contributed by atoms with Crippen molar-refractivity contribution >= 4 is 51.6 Å². The van der Waals surface area contributed by atoms with Gasteiger partial charge in [0.25, 0.3) is 0 Å². The van der Waals surface area contributed by atoms with Crippen molar-refractivity contribution in [2.75, 3.05) is 43.6 Å². The van der Waals surface area contributed by atoms with Crippen LogP contribution in [0.25, 0.3) is 16.6 Å². The summed E-state index contributed by atoms with van der Waals surface area (Å²) in [6, 6.07) is 11.6. The lowest BCUT2D eigenvalue weighted by Gasteiger charge is -2.43. The van der Waals surface area contributed by atoms with E-state index in [1.54, 1.807) is 35.2 Å². The van der Waals surface area contributed by atoms with Crippen LogP contribution in [0.1, 0.15) is 23.2 Å². The van der Waals surface area contributed by atoms with Gasteiger partial charge in [-0.05, 0) is 69.3 Å². The molecule has 1 aromatic carbocycles. The highest BCUT2D eigenvalue weighted by Gasteiger charge is 2.52. The van der Waals surface area contributed by atoms with Gasteiger partial charge in [-0.1, -0.05) is 23.2 Å². The number of rotatable bonds is 8. The van der Waals surface area contributed by atoms with Gasteiger partial charge >= 0.3 is 5.97 Å². The first-order chi connectivity index (χ1) is 20.7. The molecule has 3 aliphatic rings. The van der Waals surface area contributed by atoms with Crippen LogP contribution < -0.4 is 20.0 Å². The highest BCUT2D eigenvalue weighted by atomic mass is 35.5.